The molecule has 1 aromatic carbocycles. The van der Waals surface area contributed by atoms with Crippen LogP contribution in [0.5, 0.6) is 0 Å². The van der Waals surface area contributed by atoms with E-state index in [2.05, 4.69) is 48.1 Å². The second-order valence-corrected chi connectivity index (χ2v) is 4.71. The standard InChI is InChI=1S/C13H17NS/c1-15-12-8-6-11(7-9-12)13-5-3-2-4-10-14-13/h4,6-10,13-14H,2-3,5H2,1H3. The maximum Gasteiger partial charge on any atom is 0.0508 e. The number of rotatable bonds is 2. The lowest BCUT2D eigenvalue weighted by Gasteiger charge is -2.16. The Morgan fingerprint density at radius 2 is 2.07 bits per heavy atom. The van der Waals surface area contributed by atoms with Gasteiger partial charge in [0.05, 0.1) is 6.04 Å². The van der Waals surface area contributed by atoms with Crippen LogP contribution in [0.4, 0.5) is 0 Å². The van der Waals surface area contributed by atoms with E-state index in [0.717, 1.165) is 0 Å². The first-order valence-corrected chi connectivity index (χ1v) is 6.67. The van der Waals surface area contributed by atoms with Crippen molar-refractivity contribution in [2.45, 2.75) is 30.2 Å². The van der Waals surface area contributed by atoms with Crippen molar-refractivity contribution >= 4 is 11.8 Å². The Balaban J connectivity index is 2.10. The molecule has 2 rings (SSSR count). The Morgan fingerprint density at radius 1 is 1.27 bits per heavy atom. The molecule has 1 nitrogen and oxygen atoms in total. The van der Waals surface area contributed by atoms with E-state index in [9.17, 15) is 0 Å². The molecule has 0 aromatic heterocycles. The predicted molar refractivity (Wildman–Crippen MR) is 67.1 cm³/mol. The van der Waals surface area contributed by atoms with Gasteiger partial charge >= 0.3 is 0 Å². The van der Waals surface area contributed by atoms with Crippen LogP contribution in [0.3, 0.4) is 0 Å². The minimum Gasteiger partial charge on any atom is -0.384 e. The van der Waals surface area contributed by atoms with Gasteiger partial charge in [0, 0.05) is 4.90 Å². The maximum atomic E-state index is 3.45. The fourth-order valence-electron chi connectivity index (χ4n) is 1.89. The zero-order chi connectivity index (χ0) is 10.5. The smallest absolute Gasteiger partial charge is 0.0508 e. The fourth-order valence-corrected chi connectivity index (χ4v) is 2.30. The van der Waals surface area contributed by atoms with E-state index in [1.807, 2.05) is 0 Å². The zero-order valence-corrected chi connectivity index (χ0v) is 9.89. The van der Waals surface area contributed by atoms with E-state index < -0.39 is 0 Å². The van der Waals surface area contributed by atoms with Crippen LogP contribution in [0.25, 0.3) is 0 Å². The molecule has 0 saturated heterocycles. The van der Waals surface area contributed by atoms with Crippen molar-refractivity contribution in [1.29, 1.82) is 0 Å². The summed E-state index contributed by atoms with van der Waals surface area (Å²) in [6.45, 7) is 0. The number of allylic oxidation sites excluding steroid dienone is 1. The van der Waals surface area contributed by atoms with E-state index in [-0.39, 0.29) is 0 Å². The predicted octanol–water partition coefficient (Wildman–Crippen LogP) is 3.74. The molecule has 1 unspecified atom stereocenters. The molecule has 0 saturated carbocycles. The Bertz CT molecular complexity index is 329. The monoisotopic (exact) mass is 219 g/mol. The summed E-state index contributed by atoms with van der Waals surface area (Å²) in [5.41, 5.74) is 1.40. The summed E-state index contributed by atoms with van der Waals surface area (Å²) in [4.78, 5) is 1.34. The van der Waals surface area contributed by atoms with Crippen LogP contribution in [0.1, 0.15) is 30.9 Å². The molecule has 0 radical (unpaired) electrons. The third-order valence-electron chi connectivity index (χ3n) is 2.80. The SMILES string of the molecule is CSc1ccc(C2CCCC=CN2)cc1. The highest BCUT2D eigenvalue weighted by Crippen LogP contribution is 2.24. The summed E-state index contributed by atoms with van der Waals surface area (Å²) in [6, 6.07) is 9.39. The molecule has 2 heteroatoms. The van der Waals surface area contributed by atoms with Crippen LogP contribution in [0, 0.1) is 0 Å². The average molecular weight is 219 g/mol. The van der Waals surface area contributed by atoms with Crippen LogP contribution in [0.2, 0.25) is 0 Å². The van der Waals surface area contributed by atoms with E-state index in [0.29, 0.717) is 6.04 Å². The van der Waals surface area contributed by atoms with Gasteiger partial charge in [-0.1, -0.05) is 18.2 Å². The number of thioether (sulfide) groups is 1. The molecule has 1 aromatic rings. The Morgan fingerprint density at radius 3 is 2.80 bits per heavy atom. The first-order chi connectivity index (χ1) is 7.40. The van der Waals surface area contributed by atoms with E-state index in [4.69, 9.17) is 0 Å². The number of nitrogens with one attached hydrogen (secondary N) is 1. The Kier molecular flexibility index (Phi) is 3.73. The van der Waals surface area contributed by atoms with Crippen molar-refractivity contribution in [2.24, 2.45) is 0 Å². The third-order valence-corrected chi connectivity index (χ3v) is 3.54. The van der Waals surface area contributed by atoms with Gasteiger partial charge in [-0.05, 0) is 49.4 Å². The van der Waals surface area contributed by atoms with Gasteiger partial charge in [0.2, 0.25) is 0 Å². The third kappa shape index (κ3) is 2.78. The molecule has 1 aliphatic rings. The molecular weight excluding hydrogens is 202 g/mol. The summed E-state index contributed by atoms with van der Waals surface area (Å²) in [5.74, 6) is 0. The highest BCUT2D eigenvalue weighted by Gasteiger charge is 2.10. The molecule has 80 valence electrons. The maximum absolute atomic E-state index is 3.45. The van der Waals surface area contributed by atoms with Crippen molar-refractivity contribution in [3.8, 4) is 0 Å². The average Bonchev–Trinajstić information content (AvgIpc) is 2.58. The molecule has 1 heterocycles. The van der Waals surface area contributed by atoms with Gasteiger partial charge < -0.3 is 5.32 Å². The van der Waals surface area contributed by atoms with Crippen LogP contribution in [-0.2, 0) is 0 Å². The molecule has 0 spiro atoms. The van der Waals surface area contributed by atoms with Crippen molar-refractivity contribution in [3.05, 3.63) is 42.1 Å². The van der Waals surface area contributed by atoms with Gasteiger partial charge in [-0.15, -0.1) is 11.8 Å². The fraction of sp³-hybridized carbons (Fsp3) is 0.385. The van der Waals surface area contributed by atoms with Gasteiger partial charge in [-0.25, -0.2) is 0 Å². The molecule has 0 aliphatic carbocycles. The first-order valence-electron chi connectivity index (χ1n) is 5.45. The van der Waals surface area contributed by atoms with E-state index >= 15 is 0 Å². The van der Waals surface area contributed by atoms with E-state index in [1.165, 1.54) is 29.7 Å². The topological polar surface area (TPSA) is 12.0 Å². The van der Waals surface area contributed by atoms with Crippen molar-refractivity contribution in [3.63, 3.8) is 0 Å². The van der Waals surface area contributed by atoms with Crippen molar-refractivity contribution in [2.75, 3.05) is 6.26 Å². The quantitative estimate of drug-likeness (QED) is 0.760. The van der Waals surface area contributed by atoms with Crippen LogP contribution < -0.4 is 5.32 Å². The van der Waals surface area contributed by atoms with Crippen molar-refractivity contribution in [1.82, 2.24) is 5.32 Å². The molecule has 0 bridgehead atoms. The largest absolute Gasteiger partial charge is 0.384 e. The van der Waals surface area contributed by atoms with Gasteiger partial charge in [-0.3, -0.25) is 0 Å². The van der Waals surface area contributed by atoms with Gasteiger partial charge in [-0.2, -0.15) is 0 Å². The van der Waals surface area contributed by atoms with Gasteiger partial charge in [0.1, 0.15) is 0 Å². The van der Waals surface area contributed by atoms with Crippen LogP contribution in [-0.4, -0.2) is 6.26 Å². The normalized spacial score (nSPS) is 20.7. The second-order valence-electron chi connectivity index (χ2n) is 3.83. The molecule has 1 aliphatic heterocycles. The van der Waals surface area contributed by atoms with Crippen molar-refractivity contribution < 1.29 is 0 Å². The zero-order valence-electron chi connectivity index (χ0n) is 9.07. The van der Waals surface area contributed by atoms with Gasteiger partial charge in [0.25, 0.3) is 0 Å². The summed E-state index contributed by atoms with van der Waals surface area (Å²) in [6.07, 6.45) is 10.1. The molecule has 1 N–H and O–H groups in total. The Labute approximate surface area is 96.0 Å². The summed E-state index contributed by atoms with van der Waals surface area (Å²) in [5, 5.41) is 3.45. The lowest BCUT2D eigenvalue weighted by Crippen LogP contribution is -2.13. The lowest BCUT2D eigenvalue weighted by molar-refractivity contribution is 0.565. The first kappa shape index (κ1) is 10.6. The Hall–Kier alpha value is -0.890. The summed E-state index contributed by atoms with van der Waals surface area (Å²) >= 11 is 1.79. The highest BCUT2D eigenvalue weighted by molar-refractivity contribution is 7.98. The molecule has 0 amide bonds. The highest BCUT2D eigenvalue weighted by atomic mass is 32.2. The summed E-state index contributed by atoms with van der Waals surface area (Å²) in [7, 11) is 0. The second kappa shape index (κ2) is 5.26. The lowest BCUT2D eigenvalue weighted by atomic mass is 10.0. The number of benzene rings is 1. The number of hydrogen-bond donors (Lipinski definition) is 1. The van der Waals surface area contributed by atoms with Crippen LogP contribution in [0.15, 0.2) is 41.4 Å². The molecular formula is C13H17NS. The molecule has 0 fully saturated rings. The van der Waals surface area contributed by atoms with E-state index in [1.54, 1.807) is 11.8 Å². The minimum atomic E-state index is 0.500. The number of hydrogen-bond acceptors (Lipinski definition) is 2. The summed E-state index contributed by atoms with van der Waals surface area (Å²) < 4.78 is 0. The molecule has 1 atom stereocenters. The minimum absolute atomic E-state index is 0.500. The van der Waals surface area contributed by atoms with Gasteiger partial charge in [0.15, 0.2) is 0 Å². The molecule has 15 heavy (non-hydrogen) atoms. The van der Waals surface area contributed by atoms with Crippen LogP contribution >= 0.6 is 11.8 Å².